The summed E-state index contributed by atoms with van der Waals surface area (Å²) in [7, 11) is -3.56. The van der Waals surface area contributed by atoms with Crippen LogP contribution in [0.15, 0.2) is 47.4 Å². The maximum Gasteiger partial charge on any atom is 0.258 e. The molecule has 0 aliphatic heterocycles. The van der Waals surface area contributed by atoms with E-state index in [1.807, 2.05) is 6.92 Å². The largest absolute Gasteiger partial charge is 0.298 e. The topological polar surface area (TPSA) is 88.2 Å². The first-order valence-electron chi connectivity index (χ1n) is 8.37. The lowest BCUT2D eigenvalue weighted by atomic mass is 10.2. The number of anilines is 1. The Labute approximate surface area is 166 Å². The summed E-state index contributed by atoms with van der Waals surface area (Å²) < 4.78 is 27.9. The molecule has 2 N–H and O–H groups in total. The molecule has 1 amide bonds. The lowest BCUT2D eigenvalue weighted by Gasteiger charge is -2.05. The number of carbonyl (C=O) groups is 1. The molecule has 1 heterocycles. The van der Waals surface area contributed by atoms with Crippen LogP contribution in [0.1, 0.15) is 30.1 Å². The standard InChI is InChI=1S/C18H18ClN3O3S2/c1-2-3-10-20-27(24,25)12-8-9-15-16(11-12)26-18(21-15)22-17(23)13-6-4-5-7-14(13)19/h4-9,11,20H,2-3,10H2,1H3,(H,21,22,23). The zero-order valence-corrected chi connectivity index (χ0v) is 16.9. The number of nitrogens with zero attached hydrogens (tertiary/aromatic N) is 1. The fourth-order valence-corrected chi connectivity index (χ4v) is 4.70. The third-order valence-electron chi connectivity index (χ3n) is 3.83. The first kappa shape index (κ1) is 19.8. The Morgan fingerprint density at radius 1 is 1.22 bits per heavy atom. The lowest BCUT2D eigenvalue weighted by molar-refractivity contribution is 0.102. The molecule has 0 aliphatic rings. The van der Waals surface area contributed by atoms with Gasteiger partial charge in [-0.1, -0.05) is 48.4 Å². The molecule has 9 heteroatoms. The zero-order chi connectivity index (χ0) is 19.4. The van der Waals surface area contributed by atoms with Crippen LogP contribution in [0, 0.1) is 0 Å². The van der Waals surface area contributed by atoms with Crippen LogP contribution in [0.25, 0.3) is 10.2 Å². The van der Waals surface area contributed by atoms with Crippen molar-refractivity contribution in [2.75, 3.05) is 11.9 Å². The number of amides is 1. The van der Waals surface area contributed by atoms with E-state index in [2.05, 4.69) is 15.0 Å². The molecule has 142 valence electrons. The van der Waals surface area contributed by atoms with Crippen LogP contribution in [0.3, 0.4) is 0 Å². The number of rotatable bonds is 7. The lowest BCUT2D eigenvalue weighted by Crippen LogP contribution is -2.24. The van der Waals surface area contributed by atoms with E-state index >= 15 is 0 Å². The Kier molecular flexibility index (Phi) is 6.11. The fraction of sp³-hybridized carbons (Fsp3) is 0.222. The van der Waals surface area contributed by atoms with Gasteiger partial charge in [-0.3, -0.25) is 10.1 Å². The van der Waals surface area contributed by atoms with E-state index in [0.717, 1.165) is 12.8 Å². The second kappa shape index (κ2) is 8.35. The Bertz CT molecular complexity index is 1080. The van der Waals surface area contributed by atoms with Crippen molar-refractivity contribution in [2.24, 2.45) is 0 Å². The van der Waals surface area contributed by atoms with Crippen molar-refractivity contribution in [3.8, 4) is 0 Å². The molecule has 1 aromatic heterocycles. The summed E-state index contributed by atoms with van der Waals surface area (Å²) in [5, 5.41) is 3.44. The molecule has 0 unspecified atom stereocenters. The first-order chi connectivity index (χ1) is 12.9. The van der Waals surface area contributed by atoms with E-state index in [0.29, 0.717) is 32.5 Å². The highest BCUT2D eigenvalue weighted by molar-refractivity contribution is 7.89. The number of hydrogen-bond acceptors (Lipinski definition) is 5. The van der Waals surface area contributed by atoms with Crippen LogP contribution >= 0.6 is 22.9 Å². The highest BCUT2D eigenvalue weighted by Gasteiger charge is 2.16. The SMILES string of the molecule is CCCCNS(=O)(=O)c1ccc2nc(NC(=O)c3ccccc3Cl)sc2c1. The van der Waals surface area contributed by atoms with Gasteiger partial charge < -0.3 is 0 Å². The van der Waals surface area contributed by atoms with Gasteiger partial charge in [-0.2, -0.15) is 0 Å². The van der Waals surface area contributed by atoms with Crippen molar-refractivity contribution < 1.29 is 13.2 Å². The molecule has 27 heavy (non-hydrogen) atoms. The highest BCUT2D eigenvalue weighted by Crippen LogP contribution is 2.29. The second-order valence-electron chi connectivity index (χ2n) is 5.83. The number of thiazole rings is 1. The van der Waals surface area contributed by atoms with Gasteiger partial charge in [-0.05, 0) is 36.8 Å². The van der Waals surface area contributed by atoms with Gasteiger partial charge in [0.15, 0.2) is 5.13 Å². The number of carbonyl (C=O) groups excluding carboxylic acids is 1. The van der Waals surface area contributed by atoms with Crippen LogP contribution < -0.4 is 10.0 Å². The summed E-state index contributed by atoms with van der Waals surface area (Å²) >= 11 is 7.24. The van der Waals surface area contributed by atoms with Gasteiger partial charge in [0.25, 0.3) is 5.91 Å². The molecule has 2 aromatic carbocycles. The summed E-state index contributed by atoms with van der Waals surface area (Å²) in [4.78, 5) is 16.9. The molecule has 0 spiro atoms. The van der Waals surface area contributed by atoms with E-state index in [1.165, 1.54) is 17.4 Å². The monoisotopic (exact) mass is 423 g/mol. The van der Waals surface area contributed by atoms with Crippen LogP contribution in [-0.4, -0.2) is 25.9 Å². The second-order valence-corrected chi connectivity index (χ2v) is 9.04. The quantitative estimate of drug-likeness (QED) is 0.555. The van der Waals surface area contributed by atoms with E-state index < -0.39 is 10.0 Å². The summed E-state index contributed by atoms with van der Waals surface area (Å²) in [6, 6.07) is 11.4. The smallest absolute Gasteiger partial charge is 0.258 e. The maximum atomic E-state index is 12.3. The molecule has 6 nitrogen and oxygen atoms in total. The average Bonchev–Trinajstić information content (AvgIpc) is 3.03. The summed E-state index contributed by atoms with van der Waals surface area (Å²) in [5.41, 5.74) is 0.962. The van der Waals surface area contributed by atoms with Crippen LogP contribution in [0.2, 0.25) is 5.02 Å². The van der Waals surface area contributed by atoms with Gasteiger partial charge in [-0.15, -0.1) is 0 Å². The minimum absolute atomic E-state index is 0.179. The summed E-state index contributed by atoms with van der Waals surface area (Å²) in [6.07, 6.45) is 1.69. The molecule has 0 bridgehead atoms. The number of hydrogen-bond donors (Lipinski definition) is 2. The van der Waals surface area contributed by atoms with Gasteiger partial charge in [0.2, 0.25) is 10.0 Å². The van der Waals surface area contributed by atoms with Gasteiger partial charge >= 0.3 is 0 Å². The summed E-state index contributed by atoms with van der Waals surface area (Å²) in [5.74, 6) is -0.367. The molecule has 0 radical (unpaired) electrons. The Morgan fingerprint density at radius 2 is 2.00 bits per heavy atom. The molecular weight excluding hydrogens is 406 g/mol. The van der Waals surface area contributed by atoms with Gasteiger partial charge in [0.1, 0.15) is 0 Å². The van der Waals surface area contributed by atoms with Crippen molar-refractivity contribution in [1.82, 2.24) is 9.71 Å². The Morgan fingerprint density at radius 3 is 2.74 bits per heavy atom. The average molecular weight is 424 g/mol. The minimum Gasteiger partial charge on any atom is -0.298 e. The molecule has 0 aliphatic carbocycles. The van der Waals surface area contributed by atoms with Crippen molar-refractivity contribution in [2.45, 2.75) is 24.7 Å². The van der Waals surface area contributed by atoms with Crippen molar-refractivity contribution in [3.63, 3.8) is 0 Å². The normalized spacial score (nSPS) is 11.6. The van der Waals surface area contributed by atoms with E-state index in [-0.39, 0.29) is 10.8 Å². The zero-order valence-electron chi connectivity index (χ0n) is 14.5. The predicted molar refractivity (Wildman–Crippen MR) is 109 cm³/mol. The van der Waals surface area contributed by atoms with Crippen molar-refractivity contribution in [3.05, 3.63) is 53.1 Å². The minimum atomic E-state index is -3.56. The number of aromatic nitrogens is 1. The molecule has 0 saturated carbocycles. The van der Waals surface area contributed by atoms with E-state index in [9.17, 15) is 13.2 Å². The number of nitrogens with one attached hydrogen (secondary N) is 2. The molecule has 0 fully saturated rings. The molecular formula is C18H18ClN3O3S2. The van der Waals surface area contributed by atoms with Crippen molar-refractivity contribution >= 4 is 54.2 Å². The predicted octanol–water partition coefficient (Wildman–Crippen LogP) is 4.28. The van der Waals surface area contributed by atoms with E-state index in [4.69, 9.17) is 11.6 Å². The Hall–Kier alpha value is -2.00. The third kappa shape index (κ3) is 4.65. The van der Waals surface area contributed by atoms with Crippen LogP contribution in [-0.2, 0) is 10.0 Å². The maximum absolute atomic E-state index is 12.3. The van der Waals surface area contributed by atoms with Crippen molar-refractivity contribution in [1.29, 1.82) is 0 Å². The summed E-state index contributed by atoms with van der Waals surface area (Å²) in [6.45, 7) is 2.40. The van der Waals surface area contributed by atoms with Crippen LogP contribution in [0.4, 0.5) is 5.13 Å². The first-order valence-corrected chi connectivity index (χ1v) is 11.0. The fourth-order valence-electron chi connectivity index (χ4n) is 2.40. The van der Waals surface area contributed by atoms with Gasteiger partial charge in [-0.25, -0.2) is 18.1 Å². The van der Waals surface area contributed by atoms with Crippen LogP contribution in [0.5, 0.6) is 0 Å². The number of halogens is 1. The van der Waals surface area contributed by atoms with E-state index in [1.54, 1.807) is 36.4 Å². The molecule has 0 atom stereocenters. The third-order valence-corrected chi connectivity index (χ3v) is 6.55. The molecule has 3 aromatic rings. The number of benzene rings is 2. The number of unbranched alkanes of at least 4 members (excludes halogenated alkanes) is 1. The number of fused-ring (bicyclic) bond motifs is 1. The highest BCUT2D eigenvalue weighted by atomic mass is 35.5. The van der Waals surface area contributed by atoms with Gasteiger partial charge in [0, 0.05) is 6.54 Å². The Balaban J connectivity index is 1.82. The molecule has 3 rings (SSSR count). The number of sulfonamides is 1. The van der Waals surface area contributed by atoms with Gasteiger partial charge in [0.05, 0.1) is 25.7 Å². The molecule has 0 saturated heterocycles.